The summed E-state index contributed by atoms with van der Waals surface area (Å²) in [6.45, 7) is 1.37. The van der Waals surface area contributed by atoms with Crippen LogP contribution in [0.5, 0.6) is 0 Å². The second-order valence-corrected chi connectivity index (χ2v) is 6.34. The lowest BCUT2D eigenvalue weighted by atomic mass is 9.86. The van der Waals surface area contributed by atoms with Crippen molar-refractivity contribution in [1.82, 2.24) is 19.7 Å². The van der Waals surface area contributed by atoms with Crippen LogP contribution in [0.4, 0.5) is 11.6 Å². The number of para-hydroxylation sites is 1. The molecule has 1 saturated heterocycles. The van der Waals surface area contributed by atoms with Gasteiger partial charge in [-0.05, 0) is 37.1 Å². The molecule has 3 aromatic rings. The number of carbonyl (C=O) groups is 1. The van der Waals surface area contributed by atoms with Crippen LogP contribution < -0.4 is 10.2 Å². The molecule has 0 aliphatic carbocycles. The third-order valence-corrected chi connectivity index (χ3v) is 4.82. The summed E-state index contributed by atoms with van der Waals surface area (Å²) in [4.78, 5) is 24.0. The van der Waals surface area contributed by atoms with E-state index in [1.807, 2.05) is 42.6 Å². The van der Waals surface area contributed by atoms with Gasteiger partial charge in [-0.25, -0.2) is 9.97 Å². The molecular formula is C19H20N6O. The quantitative estimate of drug-likeness (QED) is 0.783. The van der Waals surface area contributed by atoms with Crippen LogP contribution in [0.15, 0.2) is 67.3 Å². The molecule has 7 heteroatoms. The van der Waals surface area contributed by atoms with Crippen LogP contribution in [-0.2, 0) is 10.3 Å². The lowest BCUT2D eigenvalue weighted by Gasteiger charge is -2.40. The van der Waals surface area contributed by atoms with Gasteiger partial charge in [0.1, 0.15) is 5.54 Å². The van der Waals surface area contributed by atoms with Crippen LogP contribution >= 0.6 is 0 Å². The van der Waals surface area contributed by atoms with Gasteiger partial charge in [0.2, 0.25) is 5.95 Å². The number of carbonyl (C=O) groups excluding carboxylic acids is 1. The largest absolute Gasteiger partial charge is 0.341 e. The van der Waals surface area contributed by atoms with Crippen LogP contribution in [0.25, 0.3) is 0 Å². The summed E-state index contributed by atoms with van der Waals surface area (Å²) in [5.74, 6) is 0.658. The van der Waals surface area contributed by atoms with Crippen molar-refractivity contribution in [2.24, 2.45) is 0 Å². The van der Waals surface area contributed by atoms with Gasteiger partial charge in [0.15, 0.2) is 0 Å². The van der Waals surface area contributed by atoms with Crippen molar-refractivity contribution in [3.63, 3.8) is 0 Å². The predicted octanol–water partition coefficient (Wildman–Crippen LogP) is 2.31. The number of aromatic nitrogens is 4. The molecule has 3 heterocycles. The summed E-state index contributed by atoms with van der Waals surface area (Å²) >= 11 is 0. The van der Waals surface area contributed by atoms with Gasteiger partial charge in [-0.15, -0.1) is 0 Å². The van der Waals surface area contributed by atoms with Crippen molar-refractivity contribution >= 4 is 17.5 Å². The van der Waals surface area contributed by atoms with Gasteiger partial charge >= 0.3 is 0 Å². The molecule has 1 aliphatic heterocycles. The Morgan fingerprint density at radius 1 is 0.962 bits per heavy atom. The van der Waals surface area contributed by atoms with Gasteiger partial charge in [0, 0.05) is 43.6 Å². The molecule has 1 amide bonds. The summed E-state index contributed by atoms with van der Waals surface area (Å²) < 4.78 is 1.79. The first kappa shape index (κ1) is 16.3. The number of nitrogens with one attached hydrogen (secondary N) is 1. The minimum absolute atomic E-state index is 0.0407. The number of hydrogen-bond donors (Lipinski definition) is 1. The van der Waals surface area contributed by atoms with E-state index in [0.29, 0.717) is 31.9 Å². The van der Waals surface area contributed by atoms with Gasteiger partial charge in [-0.2, -0.15) is 5.10 Å². The Kier molecular flexibility index (Phi) is 4.35. The molecule has 0 unspecified atom stereocenters. The second-order valence-electron chi connectivity index (χ2n) is 6.34. The van der Waals surface area contributed by atoms with E-state index in [1.54, 1.807) is 29.3 Å². The molecule has 4 rings (SSSR count). The highest BCUT2D eigenvalue weighted by molar-refractivity contribution is 5.96. The third kappa shape index (κ3) is 3.03. The topological polar surface area (TPSA) is 75.9 Å². The molecule has 0 bridgehead atoms. The van der Waals surface area contributed by atoms with Crippen LogP contribution in [0.3, 0.4) is 0 Å². The smallest absolute Gasteiger partial charge is 0.252 e. The van der Waals surface area contributed by atoms with E-state index < -0.39 is 5.54 Å². The highest BCUT2D eigenvalue weighted by Crippen LogP contribution is 2.32. The Hall–Kier alpha value is -3.22. The standard InChI is InChI=1S/C19H20N6O/c26-17(23-16-6-2-1-3-7-16)19(25-13-5-12-22-25)8-14-24(15-9-19)18-20-10-4-11-21-18/h1-7,10-13H,8-9,14-15H2,(H,23,26). The zero-order chi connectivity index (χ0) is 17.8. The molecular weight excluding hydrogens is 328 g/mol. The lowest BCUT2D eigenvalue weighted by Crippen LogP contribution is -2.53. The van der Waals surface area contributed by atoms with Crippen LogP contribution in [0.2, 0.25) is 0 Å². The van der Waals surface area contributed by atoms with Gasteiger partial charge in [0.05, 0.1) is 0 Å². The highest BCUT2D eigenvalue weighted by atomic mass is 16.2. The summed E-state index contributed by atoms with van der Waals surface area (Å²) in [5.41, 5.74) is 0.0720. The maximum absolute atomic E-state index is 13.2. The first-order valence-corrected chi connectivity index (χ1v) is 8.66. The molecule has 1 aromatic carbocycles. The molecule has 132 valence electrons. The van der Waals surface area contributed by atoms with E-state index in [1.165, 1.54) is 0 Å². The molecule has 1 N–H and O–H groups in total. The Labute approximate surface area is 151 Å². The van der Waals surface area contributed by atoms with E-state index in [-0.39, 0.29) is 5.91 Å². The normalized spacial score (nSPS) is 16.2. The molecule has 0 spiro atoms. The fourth-order valence-electron chi connectivity index (χ4n) is 3.38. The van der Waals surface area contributed by atoms with E-state index in [2.05, 4.69) is 25.3 Å². The Balaban J connectivity index is 1.57. The van der Waals surface area contributed by atoms with E-state index in [4.69, 9.17) is 0 Å². The number of piperidine rings is 1. The fourth-order valence-corrected chi connectivity index (χ4v) is 3.38. The lowest BCUT2D eigenvalue weighted by molar-refractivity contribution is -0.126. The number of hydrogen-bond acceptors (Lipinski definition) is 5. The van der Waals surface area contributed by atoms with Crippen LogP contribution in [-0.4, -0.2) is 38.7 Å². The van der Waals surface area contributed by atoms with Gasteiger partial charge in [-0.3, -0.25) is 9.48 Å². The average molecular weight is 348 g/mol. The van der Waals surface area contributed by atoms with Crippen LogP contribution in [0, 0.1) is 0 Å². The van der Waals surface area contributed by atoms with Crippen molar-refractivity contribution in [2.45, 2.75) is 18.4 Å². The minimum atomic E-state index is -0.718. The average Bonchev–Trinajstić information content (AvgIpc) is 3.25. The number of amides is 1. The van der Waals surface area contributed by atoms with E-state index in [0.717, 1.165) is 5.69 Å². The number of benzene rings is 1. The molecule has 7 nitrogen and oxygen atoms in total. The Morgan fingerprint density at radius 2 is 1.69 bits per heavy atom. The maximum atomic E-state index is 13.2. The molecule has 0 radical (unpaired) electrons. The molecule has 1 aliphatic rings. The molecule has 0 saturated carbocycles. The summed E-state index contributed by atoms with van der Waals surface area (Å²) in [7, 11) is 0. The first-order valence-electron chi connectivity index (χ1n) is 8.66. The van der Waals surface area contributed by atoms with Crippen molar-refractivity contribution < 1.29 is 4.79 Å². The van der Waals surface area contributed by atoms with Crippen molar-refractivity contribution in [3.8, 4) is 0 Å². The number of nitrogens with zero attached hydrogens (tertiary/aromatic N) is 5. The van der Waals surface area contributed by atoms with Gasteiger partial charge in [0.25, 0.3) is 5.91 Å². The zero-order valence-electron chi connectivity index (χ0n) is 14.3. The predicted molar refractivity (Wildman–Crippen MR) is 98.8 cm³/mol. The third-order valence-electron chi connectivity index (χ3n) is 4.82. The first-order chi connectivity index (χ1) is 12.8. The van der Waals surface area contributed by atoms with Crippen molar-refractivity contribution in [2.75, 3.05) is 23.3 Å². The Morgan fingerprint density at radius 3 is 2.35 bits per heavy atom. The molecule has 2 aromatic heterocycles. The summed E-state index contributed by atoms with van der Waals surface area (Å²) in [5, 5.41) is 7.42. The van der Waals surface area contributed by atoms with E-state index >= 15 is 0 Å². The second kappa shape index (κ2) is 6.95. The Bertz CT molecular complexity index is 842. The van der Waals surface area contributed by atoms with Gasteiger partial charge < -0.3 is 10.2 Å². The number of rotatable bonds is 4. The number of anilines is 2. The van der Waals surface area contributed by atoms with Crippen molar-refractivity contribution in [3.05, 3.63) is 67.3 Å². The molecule has 0 atom stereocenters. The van der Waals surface area contributed by atoms with Crippen molar-refractivity contribution in [1.29, 1.82) is 0 Å². The summed E-state index contributed by atoms with van der Waals surface area (Å²) in [6, 6.07) is 13.2. The maximum Gasteiger partial charge on any atom is 0.252 e. The summed E-state index contributed by atoms with van der Waals surface area (Å²) in [6.07, 6.45) is 8.31. The highest BCUT2D eigenvalue weighted by Gasteiger charge is 2.44. The minimum Gasteiger partial charge on any atom is -0.341 e. The SMILES string of the molecule is O=C(Nc1ccccc1)C1(n2cccn2)CCN(c2ncccn2)CC1. The monoisotopic (exact) mass is 348 g/mol. The van der Waals surface area contributed by atoms with Gasteiger partial charge in [-0.1, -0.05) is 18.2 Å². The zero-order valence-corrected chi connectivity index (χ0v) is 14.3. The van der Waals surface area contributed by atoms with Crippen LogP contribution in [0.1, 0.15) is 12.8 Å². The molecule has 26 heavy (non-hydrogen) atoms. The molecule has 1 fully saturated rings. The fraction of sp³-hybridized carbons (Fsp3) is 0.263. The van der Waals surface area contributed by atoms with E-state index in [9.17, 15) is 4.79 Å².